The standard InChI is InChI=1S/C16H16ClNO4S/c1-10-3-4-16(11(2)7-10)23(19,20)18-13-9-15-14(8-12(13)17)21-5-6-22-15/h3-4,7-9,18H,5-6H2,1-2H3. The van der Waals surface area contributed by atoms with Gasteiger partial charge in [-0.15, -0.1) is 0 Å². The fraction of sp³-hybridized carbons (Fsp3) is 0.250. The molecule has 0 saturated carbocycles. The number of anilines is 1. The van der Waals surface area contributed by atoms with Crippen LogP contribution in [0.1, 0.15) is 11.1 Å². The fourth-order valence-corrected chi connectivity index (χ4v) is 4.00. The Morgan fingerprint density at radius 2 is 1.70 bits per heavy atom. The van der Waals surface area contributed by atoms with Crippen LogP contribution in [-0.4, -0.2) is 21.6 Å². The monoisotopic (exact) mass is 353 g/mol. The molecule has 122 valence electrons. The van der Waals surface area contributed by atoms with Crippen LogP contribution in [0, 0.1) is 13.8 Å². The molecule has 0 aliphatic carbocycles. The molecule has 1 heterocycles. The maximum Gasteiger partial charge on any atom is 0.262 e. The molecule has 7 heteroatoms. The number of nitrogens with one attached hydrogen (secondary N) is 1. The number of sulfonamides is 1. The number of ether oxygens (including phenoxy) is 2. The van der Waals surface area contributed by atoms with Gasteiger partial charge in [0.15, 0.2) is 11.5 Å². The van der Waals surface area contributed by atoms with Crippen molar-refractivity contribution in [1.29, 1.82) is 0 Å². The molecular formula is C16H16ClNO4S. The maximum atomic E-state index is 12.6. The number of fused-ring (bicyclic) bond motifs is 1. The van der Waals surface area contributed by atoms with Gasteiger partial charge in [-0.3, -0.25) is 4.72 Å². The van der Waals surface area contributed by atoms with Crippen LogP contribution in [0.4, 0.5) is 5.69 Å². The van der Waals surface area contributed by atoms with E-state index in [2.05, 4.69) is 4.72 Å². The van der Waals surface area contributed by atoms with Crippen molar-refractivity contribution in [1.82, 2.24) is 0 Å². The Morgan fingerprint density at radius 3 is 2.35 bits per heavy atom. The summed E-state index contributed by atoms with van der Waals surface area (Å²) < 4.78 is 38.6. The summed E-state index contributed by atoms with van der Waals surface area (Å²) in [5, 5.41) is 0.252. The van der Waals surface area contributed by atoms with Crippen LogP contribution in [-0.2, 0) is 10.0 Å². The van der Waals surface area contributed by atoms with Gasteiger partial charge in [-0.1, -0.05) is 29.3 Å². The van der Waals surface area contributed by atoms with Crippen molar-refractivity contribution in [3.63, 3.8) is 0 Å². The second kappa shape index (κ2) is 5.94. The third kappa shape index (κ3) is 3.23. The largest absolute Gasteiger partial charge is 0.486 e. The summed E-state index contributed by atoms with van der Waals surface area (Å²) in [7, 11) is -3.74. The molecule has 2 aromatic rings. The number of rotatable bonds is 3. The predicted octanol–water partition coefficient (Wildman–Crippen LogP) is 3.53. The predicted molar refractivity (Wildman–Crippen MR) is 89.2 cm³/mol. The zero-order chi connectivity index (χ0) is 16.6. The van der Waals surface area contributed by atoms with Crippen LogP contribution < -0.4 is 14.2 Å². The second-order valence-corrected chi connectivity index (χ2v) is 7.41. The highest BCUT2D eigenvalue weighted by Crippen LogP contribution is 2.38. The summed E-state index contributed by atoms with van der Waals surface area (Å²) in [6.07, 6.45) is 0. The first-order chi connectivity index (χ1) is 10.9. The molecule has 0 atom stereocenters. The van der Waals surface area contributed by atoms with Gasteiger partial charge in [0.2, 0.25) is 0 Å². The first kappa shape index (κ1) is 16.0. The number of hydrogen-bond donors (Lipinski definition) is 1. The maximum absolute atomic E-state index is 12.6. The molecule has 0 aromatic heterocycles. The van der Waals surface area contributed by atoms with E-state index in [0.29, 0.717) is 30.3 Å². The molecule has 0 spiro atoms. The molecule has 23 heavy (non-hydrogen) atoms. The zero-order valence-electron chi connectivity index (χ0n) is 12.7. The summed E-state index contributed by atoms with van der Waals surface area (Å²) in [5.41, 5.74) is 1.93. The smallest absolute Gasteiger partial charge is 0.262 e. The molecular weight excluding hydrogens is 338 g/mol. The lowest BCUT2D eigenvalue weighted by atomic mass is 10.2. The van der Waals surface area contributed by atoms with E-state index in [0.717, 1.165) is 5.56 Å². The SMILES string of the molecule is Cc1ccc(S(=O)(=O)Nc2cc3c(cc2Cl)OCCO3)c(C)c1. The average Bonchev–Trinajstić information content (AvgIpc) is 2.47. The Hall–Kier alpha value is -1.92. The van der Waals surface area contributed by atoms with Crippen molar-refractivity contribution in [3.8, 4) is 11.5 Å². The molecule has 0 unspecified atom stereocenters. The van der Waals surface area contributed by atoms with Crippen molar-refractivity contribution in [2.45, 2.75) is 18.7 Å². The van der Waals surface area contributed by atoms with E-state index in [1.54, 1.807) is 25.1 Å². The van der Waals surface area contributed by atoms with E-state index in [-0.39, 0.29) is 15.6 Å². The molecule has 0 fully saturated rings. The molecule has 1 aliphatic rings. The van der Waals surface area contributed by atoms with Crippen LogP contribution in [0.15, 0.2) is 35.2 Å². The topological polar surface area (TPSA) is 64.6 Å². The van der Waals surface area contributed by atoms with E-state index in [4.69, 9.17) is 21.1 Å². The minimum absolute atomic E-state index is 0.217. The van der Waals surface area contributed by atoms with Gasteiger partial charge in [0.05, 0.1) is 15.6 Å². The molecule has 1 aliphatic heterocycles. The van der Waals surface area contributed by atoms with E-state index in [9.17, 15) is 8.42 Å². The van der Waals surface area contributed by atoms with Gasteiger partial charge in [-0.05, 0) is 25.5 Å². The average molecular weight is 354 g/mol. The minimum atomic E-state index is -3.74. The molecule has 1 N–H and O–H groups in total. The highest BCUT2D eigenvalue weighted by Gasteiger charge is 2.21. The summed E-state index contributed by atoms with van der Waals surface area (Å²) in [6.45, 7) is 4.52. The Bertz CT molecular complexity index is 865. The summed E-state index contributed by atoms with van der Waals surface area (Å²) in [4.78, 5) is 0.217. The fourth-order valence-electron chi connectivity index (χ4n) is 2.44. The van der Waals surface area contributed by atoms with Crippen LogP contribution >= 0.6 is 11.6 Å². The molecule has 0 bridgehead atoms. The molecule has 0 radical (unpaired) electrons. The van der Waals surface area contributed by atoms with Gasteiger partial charge in [0, 0.05) is 12.1 Å². The lowest BCUT2D eigenvalue weighted by Gasteiger charge is -2.20. The van der Waals surface area contributed by atoms with E-state index in [1.165, 1.54) is 6.07 Å². The summed E-state index contributed by atoms with van der Waals surface area (Å²) in [6, 6.07) is 8.25. The van der Waals surface area contributed by atoms with Crippen molar-refractivity contribution < 1.29 is 17.9 Å². The van der Waals surface area contributed by atoms with Crippen molar-refractivity contribution >= 4 is 27.3 Å². The third-order valence-electron chi connectivity index (χ3n) is 3.50. The van der Waals surface area contributed by atoms with Gasteiger partial charge < -0.3 is 9.47 Å². The molecule has 0 saturated heterocycles. The first-order valence-corrected chi connectivity index (χ1v) is 8.92. The molecule has 5 nitrogen and oxygen atoms in total. The van der Waals surface area contributed by atoms with Crippen molar-refractivity contribution in [3.05, 3.63) is 46.5 Å². The van der Waals surface area contributed by atoms with E-state index < -0.39 is 10.0 Å². The number of halogens is 1. The van der Waals surface area contributed by atoms with Crippen LogP contribution in [0.25, 0.3) is 0 Å². The summed E-state index contributed by atoms with van der Waals surface area (Å²) in [5.74, 6) is 0.981. The highest BCUT2D eigenvalue weighted by atomic mass is 35.5. The van der Waals surface area contributed by atoms with Crippen LogP contribution in [0.5, 0.6) is 11.5 Å². The Balaban J connectivity index is 1.97. The molecule has 2 aromatic carbocycles. The van der Waals surface area contributed by atoms with Crippen molar-refractivity contribution in [2.75, 3.05) is 17.9 Å². The van der Waals surface area contributed by atoms with Gasteiger partial charge in [-0.25, -0.2) is 8.42 Å². The summed E-state index contributed by atoms with van der Waals surface area (Å²) >= 11 is 6.16. The number of hydrogen-bond acceptors (Lipinski definition) is 4. The van der Waals surface area contributed by atoms with Crippen molar-refractivity contribution in [2.24, 2.45) is 0 Å². The number of benzene rings is 2. The third-order valence-corrected chi connectivity index (χ3v) is 5.33. The van der Waals surface area contributed by atoms with Gasteiger partial charge in [-0.2, -0.15) is 0 Å². The van der Waals surface area contributed by atoms with E-state index >= 15 is 0 Å². The quantitative estimate of drug-likeness (QED) is 0.916. The van der Waals surface area contributed by atoms with Crippen LogP contribution in [0.2, 0.25) is 5.02 Å². The minimum Gasteiger partial charge on any atom is -0.486 e. The van der Waals surface area contributed by atoms with Gasteiger partial charge >= 0.3 is 0 Å². The van der Waals surface area contributed by atoms with E-state index in [1.807, 2.05) is 13.0 Å². The normalized spacial score (nSPS) is 13.7. The molecule has 0 amide bonds. The van der Waals surface area contributed by atoms with Crippen LogP contribution in [0.3, 0.4) is 0 Å². The van der Waals surface area contributed by atoms with Gasteiger partial charge in [0.25, 0.3) is 10.0 Å². The van der Waals surface area contributed by atoms with Gasteiger partial charge in [0.1, 0.15) is 13.2 Å². The zero-order valence-corrected chi connectivity index (χ0v) is 14.3. The highest BCUT2D eigenvalue weighted by molar-refractivity contribution is 7.92. The Morgan fingerprint density at radius 1 is 1.04 bits per heavy atom. The number of aryl methyl sites for hydroxylation is 2. The lowest BCUT2D eigenvalue weighted by Crippen LogP contribution is -2.17. The Kier molecular flexibility index (Phi) is 4.12. The second-order valence-electron chi connectivity index (χ2n) is 5.35. The lowest BCUT2D eigenvalue weighted by molar-refractivity contribution is 0.171. The molecule has 3 rings (SSSR count). The Labute approximate surface area is 140 Å². The first-order valence-electron chi connectivity index (χ1n) is 7.06.